The van der Waals surface area contributed by atoms with Crippen LogP contribution >= 0.6 is 23.1 Å². The predicted octanol–water partition coefficient (Wildman–Crippen LogP) is 4.20. The highest BCUT2D eigenvalue weighted by atomic mass is 32.2. The second-order valence-corrected chi connectivity index (χ2v) is 10.6. The summed E-state index contributed by atoms with van der Waals surface area (Å²) >= 11 is 2.97. The van der Waals surface area contributed by atoms with E-state index in [4.69, 9.17) is 14.2 Å². The molecule has 11 heteroatoms. The number of likely N-dealkylation sites (tertiary alicyclic amines) is 1. The number of carbonyl (C=O) groups is 2. The molecule has 0 radical (unpaired) electrons. The van der Waals surface area contributed by atoms with Crippen LogP contribution < -0.4 is 9.47 Å². The summed E-state index contributed by atoms with van der Waals surface area (Å²) in [6.45, 7) is 1.99. The molecule has 2 aliphatic rings. The number of rotatable bonds is 9. The molecule has 1 atom stereocenters. The van der Waals surface area contributed by atoms with Gasteiger partial charge in [0.25, 0.3) is 0 Å². The molecule has 3 aromatic rings. The molecule has 37 heavy (non-hydrogen) atoms. The fourth-order valence-corrected chi connectivity index (χ4v) is 5.83. The van der Waals surface area contributed by atoms with Gasteiger partial charge in [-0.3, -0.25) is 4.79 Å². The van der Waals surface area contributed by atoms with Gasteiger partial charge < -0.3 is 24.0 Å². The zero-order valence-corrected chi connectivity index (χ0v) is 22.1. The molecule has 0 saturated carbocycles. The third kappa shape index (κ3) is 6.34. The zero-order valence-electron chi connectivity index (χ0n) is 20.4. The first-order valence-electron chi connectivity index (χ1n) is 12.1. The minimum atomic E-state index is -0.324. The van der Waals surface area contributed by atoms with Gasteiger partial charge in [-0.15, -0.1) is 11.3 Å². The summed E-state index contributed by atoms with van der Waals surface area (Å²) < 4.78 is 16.5. The molecule has 2 saturated heterocycles. The number of carbonyl (C=O) groups excluding carboxylic acids is 2. The van der Waals surface area contributed by atoms with Crippen LogP contribution in [0.3, 0.4) is 0 Å². The number of nitrogens with zero attached hydrogens (tertiary/aromatic N) is 4. The van der Waals surface area contributed by atoms with E-state index in [1.807, 2.05) is 52.7 Å². The van der Waals surface area contributed by atoms with E-state index in [1.165, 1.54) is 11.8 Å². The minimum absolute atomic E-state index is 0.0565. The highest BCUT2D eigenvalue weighted by molar-refractivity contribution is 7.99. The smallest absolute Gasteiger partial charge is 0.410 e. The molecule has 0 bridgehead atoms. The van der Waals surface area contributed by atoms with Gasteiger partial charge in [-0.2, -0.15) is 0 Å². The highest BCUT2D eigenvalue weighted by Gasteiger charge is 2.38. The van der Waals surface area contributed by atoms with Crippen molar-refractivity contribution >= 4 is 35.1 Å². The molecule has 0 spiro atoms. The van der Waals surface area contributed by atoms with Crippen molar-refractivity contribution in [1.82, 2.24) is 19.8 Å². The maximum absolute atomic E-state index is 12.8. The van der Waals surface area contributed by atoms with Gasteiger partial charge in [-0.25, -0.2) is 14.8 Å². The van der Waals surface area contributed by atoms with Gasteiger partial charge in [-0.05, 0) is 54.6 Å². The van der Waals surface area contributed by atoms with Crippen molar-refractivity contribution in [3.05, 3.63) is 54.0 Å². The Kier molecular flexibility index (Phi) is 8.10. The number of ether oxygens (including phenoxy) is 3. The zero-order chi connectivity index (χ0) is 25.6. The first-order chi connectivity index (χ1) is 18.1. The van der Waals surface area contributed by atoms with E-state index >= 15 is 0 Å². The number of thiophene rings is 1. The van der Waals surface area contributed by atoms with Crippen LogP contribution in [0, 0.1) is 0 Å². The van der Waals surface area contributed by atoms with Crippen molar-refractivity contribution in [2.75, 3.05) is 39.1 Å². The molecule has 0 aliphatic carbocycles. The Balaban J connectivity index is 1.06. The van der Waals surface area contributed by atoms with E-state index in [9.17, 15) is 9.59 Å². The fraction of sp³-hybridized carbons (Fsp3) is 0.385. The molecule has 9 nitrogen and oxygen atoms in total. The first kappa shape index (κ1) is 25.3. The maximum atomic E-state index is 12.8. The van der Waals surface area contributed by atoms with E-state index in [-0.39, 0.29) is 29.9 Å². The lowest BCUT2D eigenvalue weighted by Gasteiger charge is -2.35. The van der Waals surface area contributed by atoms with E-state index in [0.717, 1.165) is 29.2 Å². The van der Waals surface area contributed by atoms with E-state index < -0.39 is 0 Å². The number of benzene rings is 1. The van der Waals surface area contributed by atoms with Gasteiger partial charge in [0.15, 0.2) is 11.3 Å². The topological polar surface area (TPSA) is 94.1 Å². The molecular formula is C26H28N4O5S2. The van der Waals surface area contributed by atoms with E-state index in [2.05, 4.69) is 9.97 Å². The Morgan fingerprint density at radius 3 is 2.68 bits per heavy atom. The Morgan fingerprint density at radius 2 is 1.95 bits per heavy atom. The Labute approximate surface area is 223 Å². The molecule has 2 aliphatic heterocycles. The molecular weight excluding hydrogens is 512 g/mol. The van der Waals surface area contributed by atoms with Gasteiger partial charge in [0, 0.05) is 25.3 Å². The van der Waals surface area contributed by atoms with Crippen molar-refractivity contribution in [3.8, 4) is 22.1 Å². The van der Waals surface area contributed by atoms with Gasteiger partial charge in [-0.1, -0.05) is 17.8 Å². The SMILES string of the molecule is COc1ccc(OCC2CN(C3CCN(C(=O)CSc4nccc(-c5cccs5)n4)CC3)C(=O)O2)cc1. The van der Waals surface area contributed by atoms with E-state index in [0.29, 0.717) is 37.1 Å². The minimum Gasteiger partial charge on any atom is -0.497 e. The summed E-state index contributed by atoms with van der Waals surface area (Å²) in [4.78, 5) is 38.9. The second-order valence-electron chi connectivity index (χ2n) is 8.75. The number of amides is 2. The lowest BCUT2D eigenvalue weighted by molar-refractivity contribution is -0.129. The number of thioether (sulfide) groups is 1. The maximum Gasteiger partial charge on any atom is 0.410 e. The summed E-state index contributed by atoms with van der Waals surface area (Å²) in [6, 6.07) is 13.2. The van der Waals surface area contributed by atoms with Crippen molar-refractivity contribution in [2.45, 2.75) is 30.1 Å². The Bertz CT molecular complexity index is 1200. The molecule has 4 heterocycles. The van der Waals surface area contributed by atoms with Crippen LogP contribution in [0.15, 0.2) is 59.2 Å². The Hall–Kier alpha value is -3.31. The molecule has 194 valence electrons. The normalized spacial score (nSPS) is 18.1. The first-order valence-corrected chi connectivity index (χ1v) is 14.0. The number of piperidine rings is 1. The van der Waals surface area contributed by atoms with Crippen LogP contribution in [0.2, 0.25) is 0 Å². The van der Waals surface area contributed by atoms with Gasteiger partial charge >= 0.3 is 6.09 Å². The molecule has 5 rings (SSSR count). The lowest BCUT2D eigenvalue weighted by atomic mass is 10.0. The summed E-state index contributed by atoms with van der Waals surface area (Å²) in [5.74, 6) is 1.80. The largest absolute Gasteiger partial charge is 0.497 e. The monoisotopic (exact) mass is 540 g/mol. The van der Waals surface area contributed by atoms with Crippen LogP contribution in [-0.4, -0.2) is 83.0 Å². The lowest BCUT2D eigenvalue weighted by Crippen LogP contribution is -2.47. The number of aromatic nitrogens is 2. The Morgan fingerprint density at radius 1 is 1.16 bits per heavy atom. The molecule has 0 N–H and O–H groups in total. The van der Waals surface area contributed by atoms with Crippen molar-refractivity contribution < 1.29 is 23.8 Å². The van der Waals surface area contributed by atoms with Crippen LogP contribution in [-0.2, 0) is 9.53 Å². The van der Waals surface area contributed by atoms with E-state index in [1.54, 1.807) is 29.5 Å². The van der Waals surface area contributed by atoms with Gasteiger partial charge in [0.05, 0.1) is 30.0 Å². The molecule has 1 unspecified atom stereocenters. The average Bonchev–Trinajstić information content (AvgIpc) is 3.61. The fourth-order valence-electron chi connectivity index (χ4n) is 4.40. The summed E-state index contributed by atoms with van der Waals surface area (Å²) in [5, 5.41) is 2.60. The second kappa shape index (κ2) is 11.8. The van der Waals surface area contributed by atoms with Crippen molar-refractivity contribution in [2.24, 2.45) is 0 Å². The van der Waals surface area contributed by atoms with Crippen LogP contribution in [0.25, 0.3) is 10.6 Å². The quantitative estimate of drug-likeness (QED) is 0.295. The third-order valence-corrected chi connectivity index (χ3v) is 8.13. The number of methoxy groups -OCH3 is 1. The van der Waals surface area contributed by atoms with Gasteiger partial charge in [0.2, 0.25) is 5.91 Å². The summed E-state index contributed by atoms with van der Waals surface area (Å²) in [6.07, 6.45) is 2.54. The van der Waals surface area contributed by atoms with Gasteiger partial charge in [0.1, 0.15) is 18.1 Å². The molecule has 2 amide bonds. The number of hydrogen-bond acceptors (Lipinski definition) is 9. The summed E-state index contributed by atoms with van der Waals surface area (Å²) in [7, 11) is 1.61. The van der Waals surface area contributed by atoms with Crippen LogP contribution in [0.1, 0.15) is 12.8 Å². The number of cyclic esters (lactones) is 1. The molecule has 1 aromatic carbocycles. The highest BCUT2D eigenvalue weighted by Crippen LogP contribution is 2.26. The standard InChI is InChI=1S/C26H28N4O5S2/c1-33-19-4-6-20(7-5-19)34-16-21-15-30(26(32)35-21)18-9-12-29(13-10-18)24(31)17-37-25-27-11-8-22(28-25)23-3-2-14-36-23/h2-8,11,14,18,21H,9-10,12-13,15-17H2,1H3. The molecule has 2 fully saturated rings. The van der Waals surface area contributed by atoms with Crippen LogP contribution in [0.4, 0.5) is 4.79 Å². The van der Waals surface area contributed by atoms with Crippen molar-refractivity contribution in [3.63, 3.8) is 0 Å². The van der Waals surface area contributed by atoms with Crippen LogP contribution in [0.5, 0.6) is 11.5 Å². The average molecular weight is 541 g/mol. The number of hydrogen-bond donors (Lipinski definition) is 0. The predicted molar refractivity (Wildman–Crippen MR) is 141 cm³/mol. The van der Waals surface area contributed by atoms with Crippen molar-refractivity contribution in [1.29, 1.82) is 0 Å². The third-order valence-electron chi connectivity index (χ3n) is 6.39. The molecule has 2 aromatic heterocycles. The summed E-state index contributed by atoms with van der Waals surface area (Å²) in [5.41, 5.74) is 0.867.